The maximum absolute atomic E-state index is 11.9. The van der Waals surface area contributed by atoms with Crippen LogP contribution in [0.2, 0.25) is 0 Å². The highest BCUT2D eigenvalue weighted by Crippen LogP contribution is 2.16. The zero-order valence-corrected chi connectivity index (χ0v) is 9.39. The van der Waals surface area contributed by atoms with Crippen LogP contribution in [0.25, 0.3) is 0 Å². The summed E-state index contributed by atoms with van der Waals surface area (Å²) >= 11 is 0. The molecule has 16 heavy (non-hydrogen) atoms. The molecule has 3 heteroatoms. The molecule has 1 aromatic rings. The number of urea groups is 1. The number of hydrogen-bond donors (Lipinski definition) is 1. The normalized spacial score (nSPS) is 19.6. The summed E-state index contributed by atoms with van der Waals surface area (Å²) in [6, 6.07) is 9.73. The van der Waals surface area contributed by atoms with E-state index in [0.717, 1.165) is 18.5 Å². The summed E-state index contributed by atoms with van der Waals surface area (Å²) in [6.07, 6.45) is 5.98. The zero-order chi connectivity index (χ0) is 11.4. The van der Waals surface area contributed by atoms with Crippen molar-refractivity contribution in [3.05, 3.63) is 42.6 Å². The first kappa shape index (κ1) is 10.7. The van der Waals surface area contributed by atoms with Crippen molar-refractivity contribution in [1.82, 2.24) is 4.90 Å². The molecule has 2 rings (SSSR count). The Balaban J connectivity index is 2.03. The average Bonchev–Trinajstić information content (AvgIpc) is 2.31. The second kappa shape index (κ2) is 4.84. The van der Waals surface area contributed by atoms with Crippen molar-refractivity contribution >= 4 is 11.7 Å². The number of allylic oxidation sites excluding steroid dienone is 1. The standard InChI is InChI=1S/C13H16N2O/c1-11-7-5-6-10-15(11)13(16)14-12-8-3-2-4-9-12/h2-4,6,8-11H,5,7H2,1H3,(H,14,16). The Bertz CT molecular complexity index is 386. The summed E-state index contributed by atoms with van der Waals surface area (Å²) in [6.45, 7) is 2.06. The zero-order valence-electron chi connectivity index (χ0n) is 9.39. The van der Waals surface area contributed by atoms with E-state index in [9.17, 15) is 4.79 Å². The van der Waals surface area contributed by atoms with E-state index in [1.165, 1.54) is 0 Å². The van der Waals surface area contributed by atoms with Crippen LogP contribution in [-0.4, -0.2) is 17.0 Å². The van der Waals surface area contributed by atoms with Gasteiger partial charge in [0.25, 0.3) is 0 Å². The minimum Gasteiger partial charge on any atom is -0.308 e. The molecule has 3 nitrogen and oxygen atoms in total. The number of para-hydroxylation sites is 1. The van der Waals surface area contributed by atoms with Crippen molar-refractivity contribution in [2.45, 2.75) is 25.8 Å². The molecule has 1 unspecified atom stereocenters. The fourth-order valence-electron chi connectivity index (χ4n) is 1.79. The number of carbonyl (C=O) groups is 1. The van der Waals surface area contributed by atoms with E-state index in [1.807, 2.05) is 42.6 Å². The molecule has 1 aliphatic heterocycles. The Morgan fingerprint density at radius 1 is 1.38 bits per heavy atom. The molecule has 2 amide bonds. The molecule has 1 heterocycles. The van der Waals surface area contributed by atoms with E-state index in [2.05, 4.69) is 12.2 Å². The number of benzene rings is 1. The molecule has 1 N–H and O–H groups in total. The van der Waals surface area contributed by atoms with Gasteiger partial charge in [-0.25, -0.2) is 4.79 Å². The third kappa shape index (κ3) is 2.42. The van der Waals surface area contributed by atoms with E-state index >= 15 is 0 Å². The van der Waals surface area contributed by atoms with E-state index in [0.29, 0.717) is 0 Å². The van der Waals surface area contributed by atoms with Gasteiger partial charge in [0.15, 0.2) is 0 Å². The average molecular weight is 216 g/mol. The third-order valence-electron chi connectivity index (χ3n) is 2.75. The van der Waals surface area contributed by atoms with Crippen LogP contribution in [-0.2, 0) is 0 Å². The molecule has 0 saturated heterocycles. The Morgan fingerprint density at radius 3 is 2.81 bits per heavy atom. The SMILES string of the molecule is CC1CCC=CN1C(=O)Nc1ccccc1. The van der Waals surface area contributed by atoms with Crippen LogP contribution in [0.15, 0.2) is 42.6 Å². The van der Waals surface area contributed by atoms with Gasteiger partial charge in [0.1, 0.15) is 0 Å². The number of nitrogens with zero attached hydrogens (tertiary/aromatic N) is 1. The number of anilines is 1. The maximum Gasteiger partial charge on any atom is 0.326 e. The molecule has 0 radical (unpaired) electrons. The predicted octanol–water partition coefficient (Wildman–Crippen LogP) is 3.22. The highest BCUT2D eigenvalue weighted by Gasteiger charge is 2.19. The van der Waals surface area contributed by atoms with Crippen molar-refractivity contribution in [3.63, 3.8) is 0 Å². The molecular weight excluding hydrogens is 200 g/mol. The lowest BCUT2D eigenvalue weighted by Gasteiger charge is -2.28. The first-order valence-electron chi connectivity index (χ1n) is 5.58. The molecule has 0 saturated carbocycles. The van der Waals surface area contributed by atoms with Gasteiger partial charge >= 0.3 is 6.03 Å². The molecular formula is C13H16N2O. The van der Waals surface area contributed by atoms with E-state index in [1.54, 1.807) is 4.90 Å². The van der Waals surface area contributed by atoms with Gasteiger partial charge in [-0.3, -0.25) is 4.90 Å². The molecule has 0 fully saturated rings. The lowest BCUT2D eigenvalue weighted by Crippen LogP contribution is -2.38. The number of amides is 2. The Hall–Kier alpha value is -1.77. The van der Waals surface area contributed by atoms with Crippen LogP contribution >= 0.6 is 0 Å². The summed E-state index contributed by atoms with van der Waals surface area (Å²) in [5.74, 6) is 0. The van der Waals surface area contributed by atoms with Gasteiger partial charge in [-0.2, -0.15) is 0 Å². The molecule has 84 valence electrons. The smallest absolute Gasteiger partial charge is 0.308 e. The molecule has 0 bridgehead atoms. The summed E-state index contributed by atoms with van der Waals surface area (Å²) < 4.78 is 0. The van der Waals surface area contributed by atoms with E-state index in [-0.39, 0.29) is 12.1 Å². The minimum absolute atomic E-state index is 0.0605. The largest absolute Gasteiger partial charge is 0.326 e. The second-order valence-corrected chi connectivity index (χ2v) is 4.01. The van der Waals surface area contributed by atoms with Crippen LogP contribution in [0, 0.1) is 0 Å². The third-order valence-corrected chi connectivity index (χ3v) is 2.75. The molecule has 0 aromatic heterocycles. The van der Waals surface area contributed by atoms with Gasteiger partial charge in [0, 0.05) is 17.9 Å². The lowest BCUT2D eigenvalue weighted by atomic mass is 10.1. The molecule has 0 spiro atoms. The van der Waals surface area contributed by atoms with Gasteiger partial charge in [0.2, 0.25) is 0 Å². The number of carbonyl (C=O) groups excluding carboxylic acids is 1. The van der Waals surface area contributed by atoms with Crippen LogP contribution in [0.1, 0.15) is 19.8 Å². The monoisotopic (exact) mass is 216 g/mol. The topological polar surface area (TPSA) is 32.3 Å². The van der Waals surface area contributed by atoms with Gasteiger partial charge in [0.05, 0.1) is 0 Å². The first-order valence-corrected chi connectivity index (χ1v) is 5.58. The van der Waals surface area contributed by atoms with Crippen LogP contribution in [0.3, 0.4) is 0 Å². The van der Waals surface area contributed by atoms with Crippen molar-refractivity contribution < 1.29 is 4.79 Å². The van der Waals surface area contributed by atoms with Gasteiger partial charge in [-0.05, 0) is 31.9 Å². The van der Waals surface area contributed by atoms with Crippen LogP contribution < -0.4 is 5.32 Å². The van der Waals surface area contributed by atoms with Crippen LogP contribution in [0.5, 0.6) is 0 Å². The Kier molecular flexibility index (Phi) is 3.25. The predicted molar refractivity (Wildman–Crippen MR) is 65.1 cm³/mol. The van der Waals surface area contributed by atoms with Crippen molar-refractivity contribution in [2.75, 3.05) is 5.32 Å². The quantitative estimate of drug-likeness (QED) is 0.768. The lowest BCUT2D eigenvalue weighted by molar-refractivity contribution is 0.211. The highest BCUT2D eigenvalue weighted by molar-refractivity contribution is 5.90. The van der Waals surface area contributed by atoms with E-state index < -0.39 is 0 Å². The van der Waals surface area contributed by atoms with E-state index in [4.69, 9.17) is 0 Å². The summed E-state index contributed by atoms with van der Waals surface area (Å²) in [5, 5.41) is 2.88. The molecule has 1 atom stereocenters. The fourth-order valence-corrected chi connectivity index (χ4v) is 1.79. The molecule has 1 aromatic carbocycles. The van der Waals surface area contributed by atoms with Gasteiger partial charge in [-0.15, -0.1) is 0 Å². The molecule has 0 aliphatic carbocycles. The fraction of sp³-hybridized carbons (Fsp3) is 0.308. The van der Waals surface area contributed by atoms with Crippen molar-refractivity contribution in [3.8, 4) is 0 Å². The van der Waals surface area contributed by atoms with Gasteiger partial charge in [-0.1, -0.05) is 24.3 Å². The number of hydrogen-bond acceptors (Lipinski definition) is 1. The van der Waals surface area contributed by atoms with Crippen LogP contribution in [0.4, 0.5) is 10.5 Å². The first-order chi connectivity index (χ1) is 7.77. The summed E-state index contributed by atoms with van der Waals surface area (Å²) in [7, 11) is 0. The van der Waals surface area contributed by atoms with Gasteiger partial charge < -0.3 is 5.32 Å². The number of nitrogens with one attached hydrogen (secondary N) is 1. The van der Waals surface area contributed by atoms with Crippen molar-refractivity contribution in [2.24, 2.45) is 0 Å². The summed E-state index contributed by atoms with van der Waals surface area (Å²) in [5.41, 5.74) is 0.832. The Labute approximate surface area is 95.8 Å². The minimum atomic E-state index is -0.0605. The maximum atomic E-state index is 11.9. The highest BCUT2D eigenvalue weighted by atomic mass is 16.2. The molecule has 1 aliphatic rings. The number of rotatable bonds is 1. The van der Waals surface area contributed by atoms with Crippen molar-refractivity contribution in [1.29, 1.82) is 0 Å². The summed E-state index contributed by atoms with van der Waals surface area (Å²) in [4.78, 5) is 13.7. The Morgan fingerprint density at radius 2 is 2.12 bits per heavy atom. The second-order valence-electron chi connectivity index (χ2n) is 4.01.